The average molecular weight is 159 g/mol. The van der Waals surface area contributed by atoms with E-state index >= 15 is 0 Å². The summed E-state index contributed by atoms with van der Waals surface area (Å²) in [6.45, 7) is 6.51. The highest BCUT2D eigenvalue weighted by molar-refractivity contribution is 8.00. The van der Waals surface area contributed by atoms with Gasteiger partial charge in [-0.15, -0.1) is 0 Å². The Balaban J connectivity index is 3.98. The van der Waals surface area contributed by atoms with E-state index in [-0.39, 0.29) is 0 Å². The number of rotatable bonds is 4. The molecule has 10 heavy (non-hydrogen) atoms. The van der Waals surface area contributed by atoms with E-state index < -0.39 is 0 Å². The summed E-state index contributed by atoms with van der Waals surface area (Å²) < 4.78 is 0. The molecule has 0 aliphatic rings. The van der Waals surface area contributed by atoms with Crippen molar-refractivity contribution in [1.29, 1.82) is 0 Å². The van der Waals surface area contributed by atoms with Gasteiger partial charge >= 0.3 is 0 Å². The highest BCUT2D eigenvalue weighted by Crippen LogP contribution is 2.20. The zero-order valence-electron chi connectivity index (χ0n) is 7.11. The number of hydrogen-bond acceptors (Lipinski definition) is 2. The Bertz CT molecular complexity index is 112. The third-order valence-corrected chi connectivity index (χ3v) is 2.49. The lowest BCUT2D eigenvalue weighted by atomic mass is 10.1. The molecule has 0 saturated carbocycles. The molecule has 0 aromatic heterocycles. The SMILES string of the molecule is CCC/C(C)=C(\CC)SN. The molecule has 0 unspecified atom stereocenters. The van der Waals surface area contributed by atoms with Gasteiger partial charge in [-0.2, -0.15) is 0 Å². The highest BCUT2D eigenvalue weighted by atomic mass is 32.2. The van der Waals surface area contributed by atoms with E-state index in [0.717, 1.165) is 6.42 Å². The number of hydrogen-bond donors (Lipinski definition) is 1. The Labute approximate surface area is 68.2 Å². The Hall–Kier alpha value is 0.0500. The molecule has 0 atom stereocenters. The van der Waals surface area contributed by atoms with E-state index in [4.69, 9.17) is 5.14 Å². The quantitative estimate of drug-likeness (QED) is 0.638. The minimum absolute atomic E-state index is 1.08. The molecule has 0 amide bonds. The van der Waals surface area contributed by atoms with E-state index in [0.29, 0.717) is 0 Å². The van der Waals surface area contributed by atoms with Crippen LogP contribution < -0.4 is 5.14 Å². The molecule has 60 valence electrons. The van der Waals surface area contributed by atoms with Gasteiger partial charge in [0.25, 0.3) is 0 Å². The predicted octanol–water partition coefficient (Wildman–Crippen LogP) is 3.08. The summed E-state index contributed by atoms with van der Waals surface area (Å²) >= 11 is 1.40. The second kappa shape index (κ2) is 5.81. The van der Waals surface area contributed by atoms with Gasteiger partial charge in [0.05, 0.1) is 0 Å². The van der Waals surface area contributed by atoms with Crippen LogP contribution >= 0.6 is 11.9 Å². The van der Waals surface area contributed by atoms with Crippen molar-refractivity contribution in [1.82, 2.24) is 0 Å². The van der Waals surface area contributed by atoms with Gasteiger partial charge in [0.15, 0.2) is 0 Å². The normalized spacial score (nSPS) is 13.2. The van der Waals surface area contributed by atoms with Crippen LogP contribution in [0.5, 0.6) is 0 Å². The smallest absolute Gasteiger partial charge is 0.00125 e. The predicted molar refractivity (Wildman–Crippen MR) is 49.7 cm³/mol. The minimum Gasteiger partial charge on any atom is -0.274 e. The van der Waals surface area contributed by atoms with Crippen LogP contribution in [0.15, 0.2) is 10.5 Å². The van der Waals surface area contributed by atoms with Crippen molar-refractivity contribution in [3.05, 3.63) is 10.5 Å². The zero-order valence-corrected chi connectivity index (χ0v) is 7.92. The van der Waals surface area contributed by atoms with Crippen LogP contribution in [-0.4, -0.2) is 0 Å². The summed E-state index contributed by atoms with van der Waals surface area (Å²) in [6, 6.07) is 0. The van der Waals surface area contributed by atoms with Crippen molar-refractivity contribution in [2.24, 2.45) is 5.14 Å². The third-order valence-electron chi connectivity index (χ3n) is 1.56. The molecule has 0 aliphatic heterocycles. The van der Waals surface area contributed by atoms with Gasteiger partial charge in [-0.05, 0) is 24.7 Å². The number of nitrogens with two attached hydrogens (primary N) is 1. The van der Waals surface area contributed by atoms with Crippen LogP contribution in [0.25, 0.3) is 0 Å². The average Bonchev–Trinajstić information content (AvgIpc) is 1.91. The van der Waals surface area contributed by atoms with Gasteiger partial charge < -0.3 is 0 Å². The van der Waals surface area contributed by atoms with Gasteiger partial charge in [0.2, 0.25) is 0 Å². The molecule has 0 aromatic rings. The molecule has 0 spiro atoms. The third kappa shape index (κ3) is 3.28. The Morgan fingerprint density at radius 3 is 2.30 bits per heavy atom. The molecule has 0 aliphatic carbocycles. The standard InChI is InChI=1S/C8H17NS/c1-4-6-7(3)8(5-2)10-9/h4-6,9H2,1-3H3/b8-7+. The van der Waals surface area contributed by atoms with E-state index in [1.54, 1.807) is 0 Å². The lowest BCUT2D eigenvalue weighted by molar-refractivity contribution is 0.892. The topological polar surface area (TPSA) is 26.0 Å². The fourth-order valence-corrected chi connectivity index (χ4v) is 1.47. The zero-order chi connectivity index (χ0) is 7.98. The molecule has 0 bridgehead atoms. The molecular formula is C8H17NS. The fourth-order valence-electron chi connectivity index (χ4n) is 1.00. The van der Waals surface area contributed by atoms with Gasteiger partial charge in [0.1, 0.15) is 0 Å². The molecule has 0 saturated heterocycles. The maximum atomic E-state index is 5.47. The highest BCUT2D eigenvalue weighted by Gasteiger charge is 1.96. The van der Waals surface area contributed by atoms with E-state index in [1.807, 2.05) is 0 Å². The first kappa shape index (κ1) is 10.0. The van der Waals surface area contributed by atoms with E-state index in [1.165, 1.54) is 35.3 Å². The number of allylic oxidation sites excluding steroid dienone is 2. The minimum atomic E-state index is 1.08. The van der Waals surface area contributed by atoms with Crippen LogP contribution in [0.2, 0.25) is 0 Å². The molecular weight excluding hydrogens is 142 g/mol. The van der Waals surface area contributed by atoms with Gasteiger partial charge in [-0.3, -0.25) is 5.14 Å². The summed E-state index contributed by atoms with van der Waals surface area (Å²) in [4.78, 5) is 1.35. The monoisotopic (exact) mass is 159 g/mol. The molecule has 0 aromatic carbocycles. The summed E-state index contributed by atoms with van der Waals surface area (Å²) in [5.41, 5.74) is 1.46. The first-order valence-corrected chi connectivity index (χ1v) is 4.69. The first-order valence-electron chi connectivity index (χ1n) is 3.81. The van der Waals surface area contributed by atoms with Crippen LogP contribution in [0.4, 0.5) is 0 Å². The summed E-state index contributed by atoms with van der Waals surface area (Å²) in [7, 11) is 0. The maximum absolute atomic E-state index is 5.47. The van der Waals surface area contributed by atoms with Crippen LogP contribution in [0.3, 0.4) is 0 Å². The summed E-state index contributed by atoms with van der Waals surface area (Å²) in [6.07, 6.45) is 3.48. The van der Waals surface area contributed by atoms with Crippen molar-refractivity contribution in [2.45, 2.75) is 40.0 Å². The van der Waals surface area contributed by atoms with Gasteiger partial charge in [-0.25, -0.2) is 0 Å². The van der Waals surface area contributed by atoms with Crippen LogP contribution in [-0.2, 0) is 0 Å². The molecule has 0 heterocycles. The lowest BCUT2D eigenvalue weighted by Crippen LogP contribution is -1.87. The van der Waals surface area contributed by atoms with Crippen molar-refractivity contribution >= 4 is 11.9 Å². The second-order valence-electron chi connectivity index (χ2n) is 2.42. The van der Waals surface area contributed by atoms with E-state index in [9.17, 15) is 0 Å². The van der Waals surface area contributed by atoms with Gasteiger partial charge in [-0.1, -0.05) is 37.8 Å². The van der Waals surface area contributed by atoms with Crippen molar-refractivity contribution in [2.75, 3.05) is 0 Å². The Morgan fingerprint density at radius 2 is 2.00 bits per heavy atom. The largest absolute Gasteiger partial charge is 0.274 e. The summed E-state index contributed by atoms with van der Waals surface area (Å²) in [5.74, 6) is 0. The maximum Gasteiger partial charge on any atom is -0.00125 e. The molecule has 0 radical (unpaired) electrons. The van der Waals surface area contributed by atoms with Crippen LogP contribution in [0.1, 0.15) is 40.0 Å². The lowest BCUT2D eigenvalue weighted by Gasteiger charge is -2.04. The van der Waals surface area contributed by atoms with Crippen molar-refractivity contribution < 1.29 is 0 Å². The van der Waals surface area contributed by atoms with Crippen LogP contribution in [0, 0.1) is 0 Å². The molecule has 0 fully saturated rings. The fraction of sp³-hybridized carbons (Fsp3) is 0.750. The van der Waals surface area contributed by atoms with Crippen molar-refractivity contribution in [3.8, 4) is 0 Å². The molecule has 1 nitrogen and oxygen atoms in total. The first-order chi connectivity index (χ1) is 4.76. The molecule has 2 N–H and O–H groups in total. The molecule has 0 rings (SSSR count). The molecule has 2 heteroatoms. The second-order valence-corrected chi connectivity index (χ2v) is 3.15. The van der Waals surface area contributed by atoms with Crippen molar-refractivity contribution in [3.63, 3.8) is 0 Å². The summed E-state index contributed by atoms with van der Waals surface area (Å²) in [5, 5.41) is 5.47. The van der Waals surface area contributed by atoms with E-state index in [2.05, 4.69) is 20.8 Å². The Kier molecular flexibility index (Phi) is 5.84. The van der Waals surface area contributed by atoms with Gasteiger partial charge in [0, 0.05) is 0 Å². The Morgan fingerprint density at radius 1 is 1.40 bits per heavy atom.